The molecule has 1 aromatic carbocycles. The van der Waals surface area contributed by atoms with Gasteiger partial charge in [-0.2, -0.15) is 0 Å². The third-order valence-electron chi connectivity index (χ3n) is 2.94. The van der Waals surface area contributed by atoms with Crippen LogP contribution in [-0.4, -0.2) is 0 Å². The van der Waals surface area contributed by atoms with Crippen LogP contribution in [0.25, 0.3) is 0 Å². The first-order chi connectivity index (χ1) is 6.72. The standard InChI is InChI=1S/C14H22/c1-5-8-14-10-13(7-3)12(6-2)9-11(14)4/h9-10H,5-8H2,1-4H3. The maximum atomic E-state index is 2.41. The van der Waals surface area contributed by atoms with Crippen LogP contribution in [0.1, 0.15) is 49.4 Å². The maximum Gasteiger partial charge on any atom is -0.0279 e. The topological polar surface area (TPSA) is 0 Å². The Bertz CT molecular complexity index is 297. The first kappa shape index (κ1) is 11.3. The largest absolute Gasteiger partial charge is 0.0651 e. The van der Waals surface area contributed by atoms with Gasteiger partial charge in [0.2, 0.25) is 0 Å². The molecule has 0 aliphatic heterocycles. The lowest BCUT2D eigenvalue weighted by Crippen LogP contribution is -1.97. The highest BCUT2D eigenvalue weighted by atomic mass is 14.1. The molecule has 1 rings (SSSR count). The summed E-state index contributed by atoms with van der Waals surface area (Å²) < 4.78 is 0. The molecule has 0 heteroatoms. The van der Waals surface area contributed by atoms with E-state index in [1.54, 1.807) is 11.1 Å². The van der Waals surface area contributed by atoms with Crippen molar-refractivity contribution in [1.29, 1.82) is 0 Å². The van der Waals surface area contributed by atoms with E-state index < -0.39 is 0 Å². The number of benzene rings is 1. The molecule has 0 saturated heterocycles. The third-order valence-corrected chi connectivity index (χ3v) is 2.94. The number of hydrogen-bond donors (Lipinski definition) is 0. The van der Waals surface area contributed by atoms with Crippen molar-refractivity contribution in [2.75, 3.05) is 0 Å². The van der Waals surface area contributed by atoms with E-state index in [9.17, 15) is 0 Å². The second-order valence-electron chi connectivity index (χ2n) is 4.00. The highest BCUT2D eigenvalue weighted by molar-refractivity contribution is 5.38. The van der Waals surface area contributed by atoms with Crippen LogP contribution >= 0.6 is 0 Å². The Hall–Kier alpha value is -0.780. The zero-order valence-electron chi connectivity index (χ0n) is 9.98. The molecule has 0 unspecified atom stereocenters. The van der Waals surface area contributed by atoms with Gasteiger partial charge < -0.3 is 0 Å². The second kappa shape index (κ2) is 5.19. The quantitative estimate of drug-likeness (QED) is 0.671. The molecular weight excluding hydrogens is 168 g/mol. The van der Waals surface area contributed by atoms with E-state index in [4.69, 9.17) is 0 Å². The summed E-state index contributed by atoms with van der Waals surface area (Å²) in [5.74, 6) is 0. The van der Waals surface area contributed by atoms with Crippen molar-refractivity contribution in [3.8, 4) is 0 Å². The van der Waals surface area contributed by atoms with E-state index in [1.165, 1.54) is 30.4 Å². The number of aryl methyl sites for hydroxylation is 4. The van der Waals surface area contributed by atoms with E-state index in [1.807, 2.05) is 0 Å². The normalized spacial score (nSPS) is 10.6. The minimum atomic E-state index is 1.16. The molecule has 78 valence electrons. The lowest BCUT2D eigenvalue weighted by molar-refractivity contribution is 0.901. The van der Waals surface area contributed by atoms with Gasteiger partial charge in [-0.15, -0.1) is 0 Å². The predicted molar refractivity (Wildman–Crippen MR) is 63.9 cm³/mol. The van der Waals surface area contributed by atoms with Gasteiger partial charge in [0.05, 0.1) is 0 Å². The van der Waals surface area contributed by atoms with Crippen molar-refractivity contribution in [2.45, 2.75) is 53.4 Å². The predicted octanol–water partition coefficient (Wildman–Crippen LogP) is 4.07. The van der Waals surface area contributed by atoms with E-state index in [2.05, 4.69) is 39.8 Å². The highest BCUT2D eigenvalue weighted by Crippen LogP contribution is 2.19. The van der Waals surface area contributed by atoms with Gasteiger partial charge in [0.25, 0.3) is 0 Å². The first-order valence-electron chi connectivity index (χ1n) is 5.84. The van der Waals surface area contributed by atoms with Gasteiger partial charge in [-0.25, -0.2) is 0 Å². The summed E-state index contributed by atoms with van der Waals surface area (Å²) >= 11 is 0. The minimum absolute atomic E-state index is 1.16. The van der Waals surface area contributed by atoms with Gasteiger partial charge in [0.1, 0.15) is 0 Å². The Balaban J connectivity index is 3.09. The molecule has 1 aromatic rings. The van der Waals surface area contributed by atoms with Crippen LogP contribution in [0.4, 0.5) is 0 Å². The molecule has 0 heterocycles. The van der Waals surface area contributed by atoms with Crippen LogP contribution in [0.3, 0.4) is 0 Å². The molecule has 0 bridgehead atoms. The summed E-state index contributed by atoms with van der Waals surface area (Å²) in [6, 6.07) is 4.79. The van der Waals surface area contributed by atoms with Crippen LogP contribution < -0.4 is 0 Å². The third kappa shape index (κ3) is 2.37. The van der Waals surface area contributed by atoms with Crippen LogP contribution in [0.2, 0.25) is 0 Å². The Morgan fingerprint density at radius 1 is 0.857 bits per heavy atom. The lowest BCUT2D eigenvalue weighted by Gasteiger charge is -2.12. The van der Waals surface area contributed by atoms with E-state index in [0.29, 0.717) is 0 Å². The number of rotatable bonds is 4. The molecule has 0 nitrogen and oxygen atoms in total. The fraction of sp³-hybridized carbons (Fsp3) is 0.571. The van der Waals surface area contributed by atoms with Gasteiger partial charge in [-0.3, -0.25) is 0 Å². The van der Waals surface area contributed by atoms with Crippen molar-refractivity contribution in [2.24, 2.45) is 0 Å². The summed E-state index contributed by atoms with van der Waals surface area (Å²) in [5, 5.41) is 0. The summed E-state index contributed by atoms with van der Waals surface area (Å²) in [6.07, 6.45) is 4.80. The van der Waals surface area contributed by atoms with Crippen molar-refractivity contribution in [1.82, 2.24) is 0 Å². The molecule has 0 aliphatic carbocycles. The van der Waals surface area contributed by atoms with Crippen LogP contribution in [0.15, 0.2) is 12.1 Å². The Labute approximate surface area is 88.4 Å². The zero-order valence-corrected chi connectivity index (χ0v) is 9.98. The molecule has 0 amide bonds. The molecule has 0 spiro atoms. The Morgan fingerprint density at radius 3 is 1.93 bits per heavy atom. The van der Waals surface area contributed by atoms with Crippen molar-refractivity contribution in [3.63, 3.8) is 0 Å². The maximum absolute atomic E-state index is 2.41. The molecule has 0 saturated carbocycles. The van der Waals surface area contributed by atoms with Gasteiger partial charge in [0.15, 0.2) is 0 Å². The summed E-state index contributed by atoms with van der Waals surface area (Å²) in [7, 11) is 0. The van der Waals surface area contributed by atoms with Crippen molar-refractivity contribution >= 4 is 0 Å². The van der Waals surface area contributed by atoms with Gasteiger partial charge in [-0.05, 0) is 48.4 Å². The molecule has 14 heavy (non-hydrogen) atoms. The number of hydrogen-bond acceptors (Lipinski definition) is 0. The fourth-order valence-electron chi connectivity index (χ4n) is 2.06. The highest BCUT2D eigenvalue weighted by Gasteiger charge is 2.04. The first-order valence-corrected chi connectivity index (χ1v) is 5.84. The molecular formula is C14H22. The summed E-state index contributed by atoms with van der Waals surface area (Å²) in [5.41, 5.74) is 6.09. The molecule has 0 atom stereocenters. The monoisotopic (exact) mass is 190 g/mol. The molecule has 0 fully saturated rings. The van der Waals surface area contributed by atoms with E-state index in [-0.39, 0.29) is 0 Å². The molecule has 0 aliphatic rings. The summed E-state index contributed by atoms with van der Waals surface area (Å²) in [6.45, 7) is 8.98. The zero-order chi connectivity index (χ0) is 10.6. The average Bonchev–Trinajstić information content (AvgIpc) is 2.20. The smallest absolute Gasteiger partial charge is 0.0279 e. The second-order valence-corrected chi connectivity index (χ2v) is 4.00. The van der Waals surface area contributed by atoms with Gasteiger partial charge in [0, 0.05) is 0 Å². The van der Waals surface area contributed by atoms with Crippen LogP contribution in [0, 0.1) is 6.92 Å². The van der Waals surface area contributed by atoms with Gasteiger partial charge >= 0.3 is 0 Å². The lowest BCUT2D eigenvalue weighted by atomic mass is 9.94. The average molecular weight is 190 g/mol. The molecule has 0 N–H and O–H groups in total. The van der Waals surface area contributed by atoms with Crippen LogP contribution in [-0.2, 0) is 19.3 Å². The SMILES string of the molecule is CCCc1cc(CC)c(CC)cc1C. The fourth-order valence-corrected chi connectivity index (χ4v) is 2.06. The van der Waals surface area contributed by atoms with E-state index >= 15 is 0 Å². The Morgan fingerprint density at radius 2 is 1.43 bits per heavy atom. The van der Waals surface area contributed by atoms with E-state index in [0.717, 1.165) is 6.42 Å². The van der Waals surface area contributed by atoms with Crippen LogP contribution in [0.5, 0.6) is 0 Å². The van der Waals surface area contributed by atoms with Crippen molar-refractivity contribution < 1.29 is 0 Å². The molecule has 0 aromatic heterocycles. The van der Waals surface area contributed by atoms with Gasteiger partial charge in [-0.1, -0.05) is 39.3 Å². The Kier molecular flexibility index (Phi) is 4.19. The minimum Gasteiger partial charge on any atom is -0.0651 e. The summed E-state index contributed by atoms with van der Waals surface area (Å²) in [4.78, 5) is 0. The molecule has 0 radical (unpaired) electrons. The van der Waals surface area contributed by atoms with Crippen molar-refractivity contribution in [3.05, 3.63) is 34.4 Å².